The van der Waals surface area contributed by atoms with E-state index < -0.39 is 6.17 Å². The van der Waals surface area contributed by atoms with Gasteiger partial charge in [-0.2, -0.15) is 0 Å². The summed E-state index contributed by atoms with van der Waals surface area (Å²) in [6.45, 7) is 1.73. The Morgan fingerprint density at radius 2 is 2.11 bits per heavy atom. The fourth-order valence-corrected chi connectivity index (χ4v) is 4.46. The summed E-state index contributed by atoms with van der Waals surface area (Å²) in [6, 6.07) is 3.60. The zero-order valence-electron chi connectivity index (χ0n) is 15.8. The molecule has 4 atom stereocenters. The van der Waals surface area contributed by atoms with Crippen LogP contribution in [0.3, 0.4) is 0 Å². The van der Waals surface area contributed by atoms with Crippen molar-refractivity contribution in [3.05, 3.63) is 30.4 Å². The van der Waals surface area contributed by atoms with Gasteiger partial charge in [-0.15, -0.1) is 0 Å². The van der Waals surface area contributed by atoms with E-state index in [2.05, 4.69) is 20.3 Å². The topological polar surface area (TPSA) is 87.3 Å². The number of benzene rings is 1. The first kappa shape index (κ1) is 17.4. The van der Waals surface area contributed by atoms with Gasteiger partial charge in [0.25, 0.3) is 0 Å². The number of phenolic OH excluding ortho intramolecular Hbond substituents is 1. The number of halogens is 1. The number of anilines is 1. The van der Waals surface area contributed by atoms with Crippen molar-refractivity contribution in [1.82, 2.24) is 20.3 Å². The summed E-state index contributed by atoms with van der Waals surface area (Å²) in [4.78, 5) is 15.0. The van der Waals surface area contributed by atoms with Gasteiger partial charge in [0.2, 0.25) is 0 Å². The summed E-state index contributed by atoms with van der Waals surface area (Å²) >= 11 is 0. The minimum atomic E-state index is -0.924. The van der Waals surface area contributed by atoms with E-state index in [0.29, 0.717) is 40.1 Å². The predicted octanol–water partition coefficient (Wildman–Crippen LogP) is 2.97. The van der Waals surface area contributed by atoms with Gasteiger partial charge >= 0.3 is 0 Å². The first-order valence-corrected chi connectivity index (χ1v) is 9.55. The first-order valence-electron chi connectivity index (χ1n) is 9.55. The van der Waals surface area contributed by atoms with Crippen LogP contribution in [-0.4, -0.2) is 51.4 Å². The van der Waals surface area contributed by atoms with Crippen molar-refractivity contribution in [2.45, 2.75) is 50.5 Å². The zero-order chi connectivity index (χ0) is 19.4. The number of rotatable bonds is 3. The largest absolute Gasteiger partial charge is 0.505 e. The molecule has 2 fully saturated rings. The smallest absolute Gasteiger partial charge is 0.192 e. The van der Waals surface area contributed by atoms with Crippen LogP contribution >= 0.6 is 0 Å². The highest BCUT2D eigenvalue weighted by Gasteiger charge is 2.43. The standard InChI is InChI=1S/C20H22FN5O2/c1-10-24-19-16(28-10)6-4-12(20(19)27)14-8-23-17(9-22-14)26(2)15-7-11-3-5-13(25-11)18(15)21/h4,6,8-9,11,13,15,18,25,27H,3,5,7H2,1-2H3/t11-,13?,15-,18+/m0/s1. The second-order valence-electron chi connectivity index (χ2n) is 7.71. The van der Waals surface area contributed by atoms with Crippen molar-refractivity contribution in [2.24, 2.45) is 0 Å². The molecule has 2 N–H and O–H groups in total. The van der Waals surface area contributed by atoms with E-state index in [0.717, 1.165) is 19.3 Å². The maximum atomic E-state index is 14.8. The number of oxazole rings is 1. The van der Waals surface area contributed by atoms with Crippen molar-refractivity contribution in [1.29, 1.82) is 0 Å². The summed E-state index contributed by atoms with van der Waals surface area (Å²) in [5, 5.41) is 13.9. The highest BCUT2D eigenvalue weighted by atomic mass is 19.1. The van der Waals surface area contributed by atoms with E-state index in [1.165, 1.54) is 0 Å². The van der Waals surface area contributed by atoms with Gasteiger partial charge in [-0.3, -0.25) is 4.98 Å². The molecule has 2 aliphatic rings. The number of aromatic nitrogens is 3. The lowest BCUT2D eigenvalue weighted by atomic mass is 9.96. The molecule has 1 unspecified atom stereocenters. The fourth-order valence-electron chi connectivity index (χ4n) is 4.46. The number of alkyl halides is 1. The molecule has 0 aliphatic carbocycles. The Hall–Kier alpha value is -2.74. The second-order valence-corrected chi connectivity index (χ2v) is 7.71. The normalized spacial score (nSPS) is 26.7. The van der Waals surface area contributed by atoms with Gasteiger partial charge in [-0.05, 0) is 31.4 Å². The third-order valence-corrected chi connectivity index (χ3v) is 5.97. The Labute approximate surface area is 161 Å². The number of aromatic hydroxyl groups is 1. The van der Waals surface area contributed by atoms with Crippen molar-refractivity contribution in [3.8, 4) is 17.0 Å². The number of nitrogens with zero attached hydrogens (tertiary/aromatic N) is 4. The summed E-state index contributed by atoms with van der Waals surface area (Å²) in [6.07, 6.45) is 4.99. The van der Waals surface area contributed by atoms with Crippen LogP contribution in [0, 0.1) is 6.92 Å². The van der Waals surface area contributed by atoms with E-state index in [1.54, 1.807) is 31.5 Å². The fraction of sp³-hybridized carbons (Fsp3) is 0.450. The van der Waals surface area contributed by atoms with Gasteiger partial charge in [0.1, 0.15) is 12.0 Å². The zero-order valence-corrected chi connectivity index (χ0v) is 15.8. The van der Waals surface area contributed by atoms with Crippen LogP contribution in [0.4, 0.5) is 10.2 Å². The van der Waals surface area contributed by atoms with E-state index in [9.17, 15) is 9.50 Å². The van der Waals surface area contributed by atoms with Crippen LogP contribution in [0.2, 0.25) is 0 Å². The molecular formula is C20H22FN5O2. The second kappa shape index (κ2) is 6.41. The minimum Gasteiger partial charge on any atom is -0.505 e. The Morgan fingerprint density at radius 1 is 1.25 bits per heavy atom. The SMILES string of the molecule is Cc1nc2c(O)c(-c3cnc(N(C)[C@H]4C[C@@H]5CCC(N5)[C@H]4F)cn3)ccc2o1. The van der Waals surface area contributed by atoms with Gasteiger partial charge < -0.3 is 19.7 Å². The quantitative estimate of drug-likeness (QED) is 0.719. The first-order chi connectivity index (χ1) is 13.5. The van der Waals surface area contributed by atoms with Crippen LogP contribution in [0.15, 0.2) is 28.9 Å². The molecule has 0 radical (unpaired) electrons. The van der Waals surface area contributed by atoms with Crippen molar-refractivity contribution >= 4 is 16.9 Å². The van der Waals surface area contributed by atoms with E-state index in [4.69, 9.17) is 4.42 Å². The number of phenols is 1. The summed E-state index contributed by atoms with van der Waals surface area (Å²) in [7, 11) is 1.87. The lowest BCUT2D eigenvalue weighted by Crippen LogP contribution is -2.55. The molecule has 5 rings (SSSR count). The van der Waals surface area contributed by atoms with Crippen LogP contribution in [0.5, 0.6) is 5.75 Å². The monoisotopic (exact) mass is 383 g/mol. The third kappa shape index (κ3) is 2.71. The Bertz CT molecular complexity index is 1020. The molecular weight excluding hydrogens is 361 g/mol. The van der Waals surface area contributed by atoms with Crippen LogP contribution in [-0.2, 0) is 0 Å². The maximum Gasteiger partial charge on any atom is 0.192 e. The lowest BCUT2D eigenvalue weighted by Gasteiger charge is -2.38. The highest BCUT2D eigenvalue weighted by molar-refractivity contribution is 5.88. The molecule has 2 aromatic heterocycles. The molecule has 2 aliphatic heterocycles. The number of hydrogen-bond donors (Lipinski definition) is 2. The summed E-state index contributed by atoms with van der Waals surface area (Å²) in [5.74, 6) is 1.13. The van der Waals surface area contributed by atoms with Crippen molar-refractivity contribution in [3.63, 3.8) is 0 Å². The molecule has 28 heavy (non-hydrogen) atoms. The molecule has 0 amide bonds. The Kier molecular flexibility index (Phi) is 3.97. The molecule has 146 valence electrons. The molecule has 3 aromatic rings. The van der Waals surface area contributed by atoms with E-state index in [1.807, 2.05) is 11.9 Å². The van der Waals surface area contributed by atoms with Gasteiger partial charge in [-0.1, -0.05) is 0 Å². The highest BCUT2D eigenvalue weighted by Crippen LogP contribution is 2.36. The van der Waals surface area contributed by atoms with Crippen molar-refractivity contribution in [2.75, 3.05) is 11.9 Å². The van der Waals surface area contributed by atoms with Gasteiger partial charge in [-0.25, -0.2) is 14.4 Å². The molecule has 2 bridgehead atoms. The molecule has 0 spiro atoms. The van der Waals surface area contributed by atoms with Gasteiger partial charge in [0, 0.05) is 31.6 Å². The van der Waals surface area contributed by atoms with Crippen LogP contribution < -0.4 is 10.2 Å². The third-order valence-electron chi connectivity index (χ3n) is 5.97. The van der Waals surface area contributed by atoms with E-state index in [-0.39, 0.29) is 17.8 Å². The van der Waals surface area contributed by atoms with Gasteiger partial charge in [0.15, 0.2) is 22.7 Å². The number of hydrogen-bond acceptors (Lipinski definition) is 7. The van der Waals surface area contributed by atoms with Gasteiger partial charge in [0.05, 0.1) is 24.1 Å². The maximum absolute atomic E-state index is 14.8. The van der Waals surface area contributed by atoms with Crippen molar-refractivity contribution < 1.29 is 13.9 Å². The summed E-state index contributed by atoms with van der Waals surface area (Å²) in [5.41, 5.74) is 1.99. The predicted molar refractivity (Wildman–Crippen MR) is 103 cm³/mol. The molecule has 4 heterocycles. The number of nitrogens with one attached hydrogen (secondary N) is 1. The molecule has 0 saturated carbocycles. The minimum absolute atomic E-state index is 0.0171. The lowest BCUT2D eigenvalue weighted by molar-refractivity contribution is 0.176. The molecule has 8 heteroatoms. The average molecular weight is 383 g/mol. The molecule has 2 saturated heterocycles. The molecule has 7 nitrogen and oxygen atoms in total. The number of piperidine rings is 1. The Balaban J connectivity index is 1.42. The Morgan fingerprint density at radius 3 is 2.89 bits per heavy atom. The summed E-state index contributed by atoms with van der Waals surface area (Å²) < 4.78 is 20.3. The van der Waals surface area contributed by atoms with Crippen LogP contribution in [0.25, 0.3) is 22.4 Å². The number of fused-ring (bicyclic) bond motifs is 3. The van der Waals surface area contributed by atoms with E-state index >= 15 is 0 Å². The number of aryl methyl sites for hydroxylation is 1. The molecule has 1 aromatic carbocycles. The van der Waals surface area contributed by atoms with Crippen LogP contribution in [0.1, 0.15) is 25.2 Å². The average Bonchev–Trinajstić information content (AvgIpc) is 3.28.